The maximum atomic E-state index is 11.3. The average molecular weight is 583 g/mol. The molecule has 0 saturated heterocycles. The first kappa shape index (κ1) is 30.9. The van der Waals surface area contributed by atoms with Gasteiger partial charge in [0.25, 0.3) is 0 Å². The Morgan fingerprint density at radius 2 is 1.38 bits per heavy atom. The Morgan fingerprint density at radius 3 is 1.95 bits per heavy atom. The van der Waals surface area contributed by atoms with Crippen LogP contribution in [0.15, 0.2) is 102 Å². The molecule has 7 heteroatoms. The molecular weight excluding hydrogens is 540 g/mol. The van der Waals surface area contributed by atoms with Crippen LogP contribution in [0.5, 0.6) is 23.0 Å². The van der Waals surface area contributed by atoms with Gasteiger partial charge >= 0.3 is 0 Å². The van der Waals surface area contributed by atoms with Crippen LogP contribution in [-0.2, 0) is 5.54 Å². The van der Waals surface area contributed by atoms with E-state index in [1.807, 2.05) is 72.8 Å². The Labute approximate surface area is 250 Å². The van der Waals surface area contributed by atoms with Crippen molar-refractivity contribution in [2.24, 2.45) is 4.99 Å². The number of hydrogen-bond acceptors (Lipinski definition) is 6. The van der Waals surface area contributed by atoms with Gasteiger partial charge in [-0.15, -0.1) is 0 Å². The molecule has 0 radical (unpaired) electrons. The minimum atomic E-state index is -1.45. The quantitative estimate of drug-likeness (QED) is 0.0881. The van der Waals surface area contributed by atoms with Crippen LogP contribution in [0.1, 0.15) is 28.7 Å². The zero-order chi connectivity index (χ0) is 30.2. The largest absolute Gasteiger partial charge is 0.507 e. The van der Waals surface area contributed by atoms with Gasteiger partial charge in [-0.3, -0.25) is 4.99 Å². The van der Waals surface area contributed by atoms with E-state index in [1.54, 1.807) is 26.4 Å². The van der Waals surface area contributed by atoms with Crippen molar-refractivity contribution < 1.29 is 19.7 Å². The lowest BCUT2D eigenvalue weighted by Gasteiger charge is -2.38. The normalized spacial score (nSPS) is 13.4. The number of phenols is 2. The molecular formula is C35H42N2O4Si. The zero-order valence-corrected chi connectivity index (χ0v) is 26.2. The summed E-state index contributed by atoms with van der Waals surface area (Å²) >= 11 is 0. The van der Waals surface area contributed by atoms with Crippen molar-refractivity contribution in [3.05, 3.63) is 119 Å². The fraction of sp³-hybridized carbons (Fsp3) is 0.286. The zero-order valence-electron chi connectivity index (χ0n) is 25.2. The van der Waals surface area contributed by atoms with Crippen molar-refractivity contribution >= 4 is 13.8 Å². The summed E-state index contributed by atoms with van der Waals surface area (Å²) in [4.78, 5) is 5.01. The van der Waals surface area contributed by atoms with Crippen LogP contribution in [0, 0.1) is 0 Å². The number of methoxy groups -OCH3 is 2. The number of aliphatic imine (C=N–C) groups is 1. The first-order chi connectivity index (χ1) is 20.2. The molecule has 4 aromatic rings. The molecule has 3 N–H and O–H groups in total. The molecule has 42 heavy (non-hydrogen) atoms. The molecule has 0 amide bonds. The van der Waals surface area contributed by atoms with Crippen molar-refractivity contribution in [3.63, 3.8) is 0 Å². The van der Waals surface area contributed by atoms with E-state index >= 15 is 0 Å². The molecule has 0 aliphatic rings. The van der Waals surface area contributed by atoms with Gasteiger partial charge in [-0.1, -0.05) is 86.3 Å². The van der Waals surface area contributed by atoms with Crippen LogP contribution in [0.25, 0.3) is 0 Å². The van der Waals surface area contributed by atoms with Crippen LogP contribution in [0.3, 0.4) is 0 Å². The number of rotatable bonds is 13. The van der Waals surface area contributed by atoms with Gasteiger partial charge < -0.3 is 25.0 Å². The highest BCUT2D eigenvalue weighted by atomic mass is 28.3. The van der Waals surface area contributed by atoms with Gasteiger partial charge in [0, 0.05) is 43.4 Å². The second kappa shape index (κ2) is 13.7. The van der Waals surface area contributed by atoms with Crippen LogP contribution < -0.4 is 14.8 Å². The van der Waals surface area contributed by atoms with Crippen molar-refractivity contribution in [1.82, 2.24) is 5.32 Å². The lowest BCUT2D eigenvalue weighted by atomic mass is 9.79. The summed E-state index contributed by atoms with van der Waals surface area (Å²) in [6.45, 7) is 8.10. The highest BCUT2D eigenvalue weighted by molar-refractivity contribution is 6.76. The SMILES string of the molecule is COc1ccc(C(=NCCN[C@@](CC[Si](C)(C)C)(c2ccccc2)c2ccc(OC)cc2O)c2ccccc2)c(O)c1. The van der Waals surface area contributed by atoms with Gasteiger partial charge in [0.05, 0.1) is 32.0 Å². The molecule has 0 heterocycles. The lowest BCUT2D eigenvalue weighted by Crippen LogP contribution is -2.46. The van der Waals surface area contributed by atoms with E-state index in [1.165, 1.54) is 0 Å². The lowest BCUT2D eigenvalue weighted by molar-refractivity contribution is 0.362. The maximum Gasteiger partial charge on any atom is 0.128 e. The van der Waals surface area contributed by atoms with Gasteiger partial charge in [0.2, 0.25) is 0 Å². The summed E-state index contributed by atoms with van der Waals surface area (Å²) in [5, 5.41) is 26.0. The smallest absolute Gasteiger partial charge is 0.128 e. The fourth-order valence-electron chi connectivity index (χ4n) is 5.21. The molecule has 0 aliphatic heterocycles. The summed E-state index contributed by atoms with van der Waals surface area (Å²) < 4.78 is 10.7. The van der Waals surface area contributed by atoms with E-state index in [4.69, 9.17) is 14.5 Å². The number of nitrogens with zero attached hydrogens (tertiary/aromatic N) is 1. The predicted molar refractivity (Wildman–Crippen MR) is 174 cm³/mol. The summed E-state index contributed by atoms with van der Waals surface area (Å²) in [5.74, 6) is 1.50. The van der Waals surface area contributed by atoms with E-state index < -0.39 is 13.6 Å². The molecule has 0 spiro atoms. The Balaban J connectivity index is 1.73. The van der Waals surface area contributed by atoms with Gasteiger partial charge in [-0.05, 0) is 36.2 Å². The standard InChI is InChI=1S/C35H42N2O4Si/c1-40-28-16-18-30(32(38)24-28)34(26-12-8-6-9-13-26)36-21-22-37-35(20-23-42(3,4)5,27-14-10-7-11-15-27)31-19-17-29(41-2)25-33(31)39/h6-19,24-25,37-39H,20-23H2,1-5H3/t35-/m0/s1. The summed E-state index contributed by atoms with van der Waals surface area (Å²) in [6.07, 6.45) is 0.821. The Kier molecular flexibility index (Phi) is 10.1. The number of aromatic hydroxyl groups is 2. The minimum absolute atomic E-state index is 0.113. The Morgan fingerprint density at radius 1 is 0.786 bits per heavy atom. The number of nitrogens with one attached hydrogen (secondary N) is 1. The van der Waals surface area contributed by atoms with Crippen LogP contribution in [-0.4, -0.2) is 51.3 Å². The molecule has 0 saturated carbocycles. The molecule has 0 unspecified atom stereocenters. The predicted octanol–water partition coefficient (Wildman–Crippen LogP) is 7.21. The average Bonchev–Trinajstić information content (AvgIpc) is 2.99. The molecule has 1 atom stereocenters. The highest BCUT2D eigenvalue weighted by Gasteiger charge is 2.37. The second-order valence-corrected chi connectivity index (χ2v) is 17.2. The van der Waals surface area contributed by atoms with E-state index in [0.29, 0.717) is 35.9 Å². The number of benzene rings is 4. The van der Waals surface area contributed by atoms with Crippen molar-refractivity contribution in [2.45, 2.75) is 37.6 Å². The molecule has 0 bridgehead atoms. The summed E-state index contributed by atoms with van der Waals surface area (Å²) in [6, 6.07) is 32.1. The fourth-order valence-corrected chi connectivity index (χ4v) is 6.33. The van der Waals surface area contributed by atoms with Crippen LogP contribution in [0.4, 0.5) is 0 Å². The summed E-state index contributed by atoms with van der Waals surface area (Å²) in [7, 11) is 1.73. The Hall–Kier alpha value is -4.07. The van der Waals surface area contributed by atoms with E-state index in [-0.39, 0.29) is 11.5 Å². The van der Waals surface area contributed by atoms with Gasteiger partial charge in [-0.2, -0.15) is 0 Å². The molecule has 6 nitrogen and oxygen atoms in total. The van der Waals surface area contributed by atoms with Gasteiger partial charge in [0.1, 0.15) is 23.0 Å². The van der Waals surface area contributed by atoms with E-state index in [9.17, 15) is 10.2 Å². The van der Waals surface area contributed by atoms with Gasteiger partial charge in [-0.25, -0.2) is 0 Å². The van der Waals surface area contributed by atoms with E-state index in [0.717, 1.165) is 29.2 Å². The third-order valence-corrected chi connectivity index (χ3v) is 9.25. The topological polar surface area (TPSA) is 83.3 Å². The minimum Gasteiger partial charge on any atom is -0.507 e. The van der Waals surface area contributed by atoms with Crippen LogP contribution >= 0.6 is 0 Å². The molecule has 220 valence electrons. The molecule has 0 aromatic heterocycles. The summed E-state index contributed by atoms with van der Waals surface area (Å²) in [5.41, 5.74) is 3.53. The highest BCUT2D eigenvalue weighted by Crippen LogP contribution is 2.41. The first-order valence-electron chi connectivity index (χ1n) is 14.3. The number of phenolic OH excluding ortho intramolecular Hbond substituents is 2. The second-order valence-electron chi connectivity index (χ2n) is 11.6. The maximum absolute atomic E-state index is 11.3. The molecule has 4 rings (SSSR count). The first-order valence-corrected chi connectivity index (χ1v) is 18.0. The monoisotopic (exact) mass is 582 g/mol. The van der Waals surface area contributed by atoms with Gasteiger partial charge in [0.15, 0.2) is 0 Å². The molecule has 0 aliphatic carbocycles. The third kappa shape index (κ3) is 7.41. The van der Waals surface area contributed by atoms with Crippen molar-refractivity contribution in [1.29, 1.82) is 0 Å². The molecule has 0 fully saturated rings. The van der Waals surface area contributed by atoms with Crippen molar-refractivity contribution in [2.75, 3.05) is 27.3 Å². The number of hydrogen-bond donors (Lipinski definition) is 3. The number of ether oxygens (including phenoxy) is 2. The third-order valence-electron chi connectivity index (χ3n) is 7.50. The Bertz CT molecular complexity index is 1490. The van der Waals surface area contributed by atoms with Crippen molar-refractivity contribution in [3.8, 4) is 23.0 Å². The van der Waals surface area contributed by atoms with Crippen LogP contribution in [0.2, 0.25) is 25.7 Å². The van der Waals surface area contributed by atoms with E-state index in [2.05, 4.69) is 37.1 Å². The molecule has 4 aromatic carbocycles.